The van der Waals surface area contributed by atoms with Gasteiger partial charge in [0, 0.05) is 31.1 Å². The normalized spacial score (nSPS) is 24.2. The van der Waals surface area contributed by atoms with Gasteiger partial charge >= 0.3 is 0 Å². The first-order valence-corrected chi connectivity index (χ1v) is 12.9. The molecule has 2 saturated heterocycles. The number of hydrogen-bond donors (Lipinski definition) is 1. The second-order valence-electron chi connectivity index (χ2n) is 9.00. The fourth-order valence-corrected chi connectivity index (χ4v) is 6.57. The van der Waals surface area contributed by atoms with Gasteiger partial charge in [0.25, 0.3) is 10.0 Å². The number of carbonyl (C=O) groups excluding carboxylic acids is 1. The van der Waals surface area contributed by atoms with E-state index < -0.39 is 10.0 Å². The first-order valence-electron chi connectivity index (χ1n) is 11.5. The van der Waals surface area contributed by atoms with Crippen LogP contribution in [0.2, 0.25) is 0 Å². The van der Waals surface area contributed by atoms with E-state index in [0.29, 0.717) is 37.5 Å². The van der Waals surface area contributed by atoms with Crippen LogP contribution >= 0.6 is 0 Å². The number of H-pyrrole nitrogens is 1. The largest absolute Gasteiger partial charge is 0.343 e. The number of nitrogens with zero attached hydrogens (tertiary/aromatic N) is 4. The zero-order chi connectivity index (χ0) is 22.6. The van der Waals surface area contributed by atoms with Crippen LogP contribution in [0.4, 0.5) is 0 Å². The molecule has 4 heterocycles. The number of piperidine rings is 1. The number of aromatic nitrogens is 2. The summed E-state index contributed by atoms with van der Waals surface area (Å²) in [6, 6.07) is 14.4. The summed E-state index contributed by atoms with van der Waals surface area (Å²) in [5.41, 5.74) is 2.55. The van der Waals surface area contributed by atoms with E-state index in [9.17, 15) is 13.2 Å². The summed E-state index contributed by atoms with van der Waals surface area (Å²) in [5, 5.41) is 0. The Bertz CT molecular complexity index is 1350. The summed E-state index contributed by atoms with van der Waals surface area (Å²) in [6.45, 7) is 1.95. The lowest BCUT2D eigenvalue weighted by molar-refractivity contribution is -0.136. The molecule has 9 heteroatoms. The van der Waals surface area contributed by atoms with Crippen molar-refractivity contribution in [2.24, 2.45) is 4.40 Å². The minimum atomic E-state index is -3.71. The van der Waals surface area contributed by atoms with Gasteiger partial charge in [0.2, 0.25) is 5.91 Å². The van der Waals surface area contributed by atoms with E-state index in [2.05, 4.69) is 9.38 Å². The van der Waals surface area contributed by atoms with Crippen molar-refractivity contribution in [3.8, 4) is 0 Å². The maximum atomic E-state index is 13.6. The molecule has 1 N–H and O–H groups in total. The van der Waals surface area contributed by atoms with Gasteiger partial charge in [-0.3, -0.25) is 4.79 Å². The predicted molar refractivity (Wildman–Crippen MR) is 125 cm³/mol. The fourth-order valence-electron chi connectivity index (χ4n) is 5.35. The maximum Gasteiger partial charge on any atom is 0.285 e. The standard InChI is InChI=1S/C24H25N5O3S/c30-24(28-13-5-7-16(15-28)22-25-18-9-2-3-10-19(18)26-22)20-11-6-14-29(20)23-17-8-1-4-12-21(17)33(31,32)27-23/h1-4,8-10,12,16,20H,5-7,11,13-15H2,(H,25,26)/t16?,20-/m0/s1. The summed E-state index contributed by atoms with van der Waals surface area (Å²) in [5.74, 6) is 1.55. The Hall–Kier alpha value is -3.20. The molecule has 3 aliphatic heterocycles. The minimum absolute atomic E-state index is 0.0535. The van der Waals surface area contributed by atoms with Gasteiger partial charge in [-0.2, -0.15) is 8.42 Å². The van der Waals surface area contributed by atoms with Crippen molar-refractivity contribution in [1.82, 2.24) is 19.8 Å². The van der Waals surface area contributed by atoms with Crippen molar-refractivity contribution in [1.29, 1.82) is 0 Å². The van der Waals surface area contributed by atoms with Crippen LogP contribution in [-0.2, 0) is 14.8 Å². The number of sulfonamides is 1. The molecule has 6 rings (SSSR count). The third-order valence-corrected chi connectivity index (χ3v) is 8.27. The van der Waals surface area contributed by atoms with E-state index in [1.54, 1.807) is 18.2 Å². The first kappa shape index (κ1) is 20.4. The zero-order valence-corrected chi connectivity index (χ0v) is 19.0. The number of amides is 1. The Morgan fingerprint density at radius 3 is 2.67 bits per heavy atom. The van der Waals surface area contributed by atoms with Crippen LogP contribution in [0.25, 0.3) is 11.0 Å². The van der Waals surface area contributed by atoms with Gasteiger partial charge in [0.1, 0.15) is 16.8 Å². The maximum absolute atomic E-state index is 13.6. The van der Waals surface area contributed by atoms with Crippen LogP contribution in [0.3, 0.4) is 0 Å². The zero-order valence-electron chi connectivity index (χ0n) is 18.1. The van der Waals surface area contributed by atoms with Crippen molar-refractivity contribution in [2.45, 2.75) is 42.5 Å². The summed E-state index contributed by atoms with van der Waals surface area (Å²) < 4.78 is 29.2. The number of nitrogens with one attached hydrogen (secondary N) is 1. The molecule has 33 heavy (non-hydrogen) atoms. The molecule has 0 radical (unpaired) electrons. The van der Waals surface area contributed by atoms with Gasteiger partial charge in [0.15, 0.2) is 5.84 Å². The van der Waals surface area contributed by atoms with Gasteiger partial charge < -0.3 is 14.8 Å². The number of rotatable bonds is 2. The number of para-hydroxylation sites is 2. The second-order valence-corrected chi connectivity index (χ2v) is 10.6. The number of carbonyl (C=O) groups is 1. The Balaban J connectivity index is 1.25. The quantitative estimate of drug-likeness (QED) is 0.630. The van der Waals surface area contributed by atoms with E-state index >= 15 is 0 Å². The number of fused-ring (bicyclic) bond motifs is 2. The monoisotopic (exact) mass is 463 g/mol. The van der Waals surface area contributed by atoms with Crippen molar-refractivity contribution >= 4 is 32.8 Å². The molecular weight excluding hydrogens is 438 g/mol. The third-order valence-electron chi connectivity index (χ3n) is 6.95. The number of amidine groups is 1. The molecule has 1 unspecified atom stereocenters. The lowest BCUT2D eigenvalue weighted by Gasteiger charge is -2.36. The lowest BCUT2D eigenvalue weighted by atomic mass is 9.96. The topological polar surface area (TPSA) is 98.7 Å². The highest BCUT2D eigenvalue weighted by Crippen LogP contribution is 2.33. The number of hydrogen-bond acceptors (Lipinski definition) is 5. The molecule has 0 spiro atoms. The van der Waals surface area contributed by atoms with Gasteiger partial charge in [-0.05, 0) is 49.9 Å². The van der Waals surface area contributed by atoms with Crippen molar-refractivity contribution in [2.75, 3.05) is 19.6 Å². The smallest absolute Gasteiger partial charge is 0.285 e. The highest BCUT2D eigenvalue weighted by atomic mass is 32.2. The molecule has 2 atom stereocenters. The summed E-state index contributed by atoms with van der Waals surface area (Å²) in [7, 11) is -3.71. The Morgan fingerprint density at radius 1 is 1.00 bits per heavy atom. The van der Waals surface area contributed by atoms with E-state index in [0.717, 1.165) is 36.1 Å². The molecule has 2 fully saturated rings. The molecular formula is C24H25N5O3S. The molecule has 2 aromatic carbocycles. The van der Waals surface area contributed by atoms with Gasteiger partial charge in [-0.15, -0.1) is 4.40 Å². The number of benzene rings is 2. The van der Waals surface area contributed by atoms with E-state index in [1.807, 2.05) is 40.1 Å². The van der Waals surface area contributed by atoms with Gasteiger partial charge in [-0.25, -0.2) is 4.98 Å². The summed E-state index contributed by atoms with van der Waals surface area (Å²) in [6.07, 6.45) is 3.43. The highest BCUT2D eigenvalue weighted by molar-refractivity contribution is 7.90. The van der Waals surface area contributed by atoms with Crippen LogP contribution < -0.4 is 0 Å². The molecule has 1 amide bonds. The number of likely N-dealkylation sites (tertiary alicyclic amines) is 2. The van der Waals surface area contributed by atoms with Crippen LogP contribution in [0.1, 0.15) is 43.0 Å². The van der Waals surface area contributed by atoms with Gasteiger partial charge in [-0.1, -0.05) is 24.3 Å². The van der Waals surface area contributed by atoms with Crippen LogP contribution in [0, 0.1) is 0 Å². The van der Waals surface area contributed by atoms with E-state index in [4.69, 9.17) is 4.98 Å². The molecule has 0 bridgehead atoms. The van der Waals surface area contributed by atoms with Crippen LogP contribution in [0.15, 0.2) is 57.8 Å². The predicted octanol–water partition coefficient (Wildman–Crippen LogP) is 2.88. The number of aromatic amines is 1. The summed E-state index contributed by atoms with van der Waals surface area (Å²) >= 11 is 0. The third kappa shape index (κ3) is 3.42. The average Bonchev–Trinajstić information content (AvgIpc) is 3.55. The van der Waals surface area contributed by atoms with Crippen molar-refractivity contribution in [3.63, 3.8) is 0 Å². The Kier molecular flexibility index (Phi) is 4.76. The molecule has 0 saturated carbocycles. The SMILES string of the molecule is O=C([C@@H]1CCCN1C1=NS(=O)(=O)c2ccccc21)N1CCCC(c2nc3ccccc3[nH]2)C1. The van der Waals surface area contributed by atoms with Crippen LogP contribution in [0.5, 0.6) is 0 Å². The van der Waals surface area contributed by atoms with Crippen LogP contribution in [-0.4, -0.2) is 65.6 Å². The minimum Gasteiger partial charge on any atom is -0.343 e. The lowest BCUT2D eigenvalue weighted by Crippen LogP contribution is -2.50. The fraction of sp³-hybridized carbons (Fsp3) is 0.375. The first-order chi connectivity index (χ1) is 16.0. The van der Waals surface area contributed by atoms with Gasteiger partial charge in [0.05, 0.1) is 11.0 Å². The number of imidazole rings is 1. The molecule has 3 aromatic rings. The molecule has 1 aromatic heterocycles. The van der Waals surface area contributed by atoms with E-state index in [-0.39, 0.29) is 22.8 Å². The molecule has 170 valence electrons. The van der Waals surface area contributed by atoms with E-state index in [1.165, 1.54) is 0 Å². The average molecular weight is 464 g/mol. The molecule has 8 nitrogen and oxygen atoms in total. The second kappa shape index (κ2) is 7.69. The molecule has 0 aliphatic carbocycles. The molecule has 3 aliphatic rings. The van der Waals surface area contributed by atoms with Crippen molar-refractivity contribution in [3.05, 3.63) is 59.9 Å². The Labute approximate surface area is 192 Å². The summed E-state index contributed by atoms with van der Waals surface area (Å²) in [4.78, 5) is 25.9. The Morgan fingerprint density at radius 2 is 1.79 bits per heavy atom. The highest BCUT2D eigenvalue weighted by Gasteiger charge is 2.41. The van der Waals surface area contributed by atoms with Crippen molar-refractivity contribution < 1.29 is 13.2 Å².